The second-order valence-electron chi connectivity index (χ2n) is 4.46. The van der Waals surface area contributed by atoms with E-state index in [1.54, 1.807) is 0 Å². The first kappa shape index (κ1) is 13.2. The molecule has 2 nitrogen and oxygen atoms in total. The summed E-state index contributed by atoms with van der Waals surface area (Å²) in [5.41, 5.74) is 2.56. The van der Waals surface area contributed by atoms with Gasteiger partial charge in [0.2, 0.25) is 0 Å². The van der Waals surface area contributed by atoms with Crippen LogP contribution in [-0.2, 0) is 0 Å². The van der Waals surface area contributed by atoms with Crippen molar-refractivity contribution in [1.29, 1.82) is 0 Å². The van der Waals surface area contributed by atoms with Crippen LogP contribution in [0.15, 0.2) is 18.3 Å². The van der Waals surface area contributed by atoms with Crippen molar-refractivity contribution in [3.63, 3.8) is 0 Å². The van der Waals surface area contributed by atoms with E-state index in [4.69, 9.17) is 0 Å². The summed E-state index contributed by atoms with van der Waals surface area (Å²) in [6.45, 7) is 9.94. The summed E-state index contributed by atoms with van der Waals surface area (Å²) >= 11 is 0. The van der Waals surface area contributed by atoms with Gasteiger partial charge in [-0.2, -0.15) is 0 Å². The molecule has 1 aromatic rings. The topological polar surface area (TPSA) is 24.9 Å². The molecule has 2 unspecified atom stereocenters. The lowest BCUT2D eigenvalue weighted by Gasteiger charge is -2.24. The van der Waals surface area contributed by atoms with Crippen molar-refractivity contribution in [1.82, 2.24) is 10.3 Å². The first-order chi connectivity index (χ1) is 7.70. The van der Waals surface area contributed by atoms with Gasteiger partial charge in [-0.15, -0.1) is 0 Å². The van der Waals surface area contributed by atoms with Crippen LogP contribution in [-0.4, -0.2) is 17.6 Å². The molecule has 2 atom stereocenters. The maximum Gasteiger partial charge on any atom is 0.0478 e. The van der Waals surface area contributed by atoms with E-state index in [0.717, 1.165) is 13.0 Å². The Morgan fingerprint density at radius 2 is 2.12 bits per heavy atom. The highest BCUT2D eigenvalue weighted by atomic mass is 14.9. The van der Waals surface area contributed by atoms with Gasteiger partial charge >= 0.3 is 0 Å². The van der Waals surface area contributed by atoms with Crippen molar-refractivity contribution in [2.75, 3.05) is 6.54 Å². The third-order valence-electron chi connectivity index (χ3n) is 3.16. The van der Waals surface area contributed by atoms with Gasteiger partial charge in [0.05, 0.1) is 0 Å². The molecule has 1 heterocycles. The van der Waals surface area contributed by atoms with Crippen molar-refractivity contribution in [3.05, 3.63) is 29.6 Å². The van der Waals surface area contributed by atoms with Crippen molar-refractivity contribution >= 4 is 0 Å². The second-order valence-corrected chi connectivity index (χ2v) is 4.46. The Balaban J connectivity index is 2.77. The lowest BCUT2D eigenvalue weighted by atomic mass is 9.91. The van der Waals surface area contributed by atoms with Gasteiger partial charge in [0.25, 0.3) is 0 Å². The molecule has 90 valence electrons. The lowest BCUT2D eigenvalue weighted by Crippen LogP contribution is -2.33. The number of rotatable bonds is 6. The van der Waals surface area contributed by atoms with E-state index in [2.05, 4.69) is 44.1 Å². The van der Waals surface area contributed by atoms with Gasteiger partial charge in [-0.3, -0.25) is 4.98 Å². The number of aromatic nitrogens is 1. The molecule has 16 heavy (non-hydrogen) atoms. The third-order valence-corrected chi connectivity index (χ3v) is 3.16. The maximum atomic E-state index is 4.54. The molecule has 1 N–H and O–H groups in total. The first-order valence-electron chi connectivity index (χ1n) is 6.35. The van der Waals surface area contributed by atoms with Crippen LogP contribution < -0.4 is 5.32 Å². The summed E-state index contributed by atoms with van der Waals surface area (Å²) < 4.78 is 0. The number of nitrogens with one attached hydrogen (secondary N) is 1. The monoisotopic (exact) mass is 220 g/mol. The number of pyridine rings is 1. The quantitative estimate of drug-likeness (QED) is 0.796. The SMILES string of the molecule is CCCNC(C)C(CC)c1ncccc1C. The number of aryl methyl sites for hydroxylation is 1. The highest BCUT2D eigenvalue weighted by Gasteiger charge is 2.19. The minimum absolute atomic E-state index is 0.499. The van der Waals surface area contributed by atoms with Gasteiger partial charge in [0.15, 0.2) is 0 Å². The van der Waals surface area contributed by atoms with Crippen LogP contribution in [0.1, 0.15) is 50.8 Å². The second kappa shape index (κ2) is 6.64. The molecule has 1 rings (SSSR count). The van der Waals surface area contributed by atoms with Crippen LogP contribution in [0.2, 0.25) is 0 Å². The van der Waals surface area contributed by atoms with Gasteiger partial charge in [-0.05, 0) is 44.9 Å². The molecule has 0 aliphatic rings. The summed E-state index contributed by atoms with van der Waals surface area (Å²) in [7, 11) is 0. The molecule has 0 amide bonds. The molecule has 0 bridgehead atoms. The van der Waals surface area contributed by atoms with Gasteiger partial charge in [-0.25, -0.2) is 0 Å². The van der Waals surface area contributed by atoms with Gasteiger partial charge < -0.3 is 5.32 Å². The van der Waals surface area contributed by atoms with E-state index >= 15 is 0 Å². The number of hydrogen-bond donors (Lipinski definition) is 1. The van der Waals surface area contributed by atoms with Gasteiger partial charge in [-0.1, -0.05) is 19.9 Å². The predicted molar refractivity (Wildman–Crippen MR) is 69.8 cm³/mol. The summed E-state index contributed by atoms with van der Waals surface area (Å²) in [5, 5.41) is 3.57. The molecule has 0 saturated heterocycles. The molecule has 0 aromatic carbocycles. The minimum Gasteiger partial charge on any atom is -0.314 e. The summed E-state index contributed by atoms with van der Waals surface area (Å²) in [5.74, 6) is 0.521. The van der Waals surface area contributed by atoms with Crippen molar-refractivity contribution in [3.8, 4) is 0 Å². The summed E-state index contributed by atoms with van der Waals surface area (Å²) in [6, 6.07) is 4.66. The fourth-order valence-corrected chi connectivity index (χ4v) is 2.18. The van der Waals surface area contributed by atoms with Crippen LogP contribution in [0.25, 0.3) is 0 Å². The Morgan fingerprint density at radius 3 is 2.69 bits per heavy atom. The average Bonchev–Trinajstić information content (AvgIpc) is 2.30. The third kappa shape index (κ3) is 3.31. The highest BCUT2D eigenvalue weighted by molar-refractivity contribution is 5.22. The van der Waals surface area contributed by atoms with Crippen molar-refractivity contribution < 1.29 is 0 Å². The van der Waals surface area contributed by atoms with Crippen LogP contribution in [0.5, 0.6) is 0 Å². The summed E-state index contributed by atoms with van der Waals surface area (Å²) in [4.78, 5) is 4.54. The number of hydrogen-bond acceptors (Lipinski definition) is 2. The largest absolute Gasteiger partial charge is 0.314 e. The lowest BCUT2D eigenvalue weighted by molar-refractivity contribution is 0.441. The van der Waals surface area contributed by atoms with Crippen LogP contribution in [0, 0.1) is 6.92 Å². The van der Waals surface area contributed by atoms with Crippen LogP contribution in [0.3, 0.4) is 0 Å². The van der Waals surface area contributed by atoms with Crippen molar-refractivity contribution in [2.24, 2.45) is 0 Å². The van der Waals surface area contributed by atoms with E-state index in [9.17, 15) is 0 Å². The molecule has 0 fully saturated rings. The fraction of sp³-hybridized carbons (Fsp3) is 0.643. The van der Waals surface area contributed by atoms with E-state index in [-0.39, 0.29) is 0 Å². The Bertz CT molecular complexity index is 309. The Labute approximate surface area is 99.5 Å². The Morgan fingerprint density at radius 1 is 1.38 bits per heavy atom. The molecular weight excluding hydrogens is 196 g/mol. The van der Waals surface area contributed by atoms with E-state index in [1.165, 1.54) is 17.7 Å². The zero-order valence-electron chi connectivity index (χ0n) is 11.0. The maximum absolute atomic E-state index is 4.54. The smallest absolute Gasteiger partial charge is 0.0478 e. The first-order valence-corrected chi connectivity index (χ1v) is 6.35. The Hall–Kier alpha value is -0.890. The molecular formula is C14H24N2. The van der Waals surface area contributed by atoms with Gasteiger partial charge in [0, 0.05) is 23.9 Å². The molecule has 2 heteroatoms. The minimum atomic E-state index is 0.499. The number of nitrogens with zero attached hydrogens (tertiary/aromatic N) is 1. The van der Waals surface area contributed by atoms with Crippen LogP contribution in [0.4, 0.5) is 0 Å². The summed E-state index contributed by atoms with van der Waals surface area (Å²) in [6.07, 6.45) is 4.22. The predicted octanol–water partition coefficient (Wildman–Crippen LogP) is 3.27. The normalized spacial score (nSPS) is 14.8. The molecule has 0 saturated carbocycles. The molecule has 0 aliphatic heterocycles. The van der Waals surface area contributed by atoms with E-state index in [0.29, 0.717) is 12.0 Å². The zero-order valence-corrected chi connectivity index (χ0v) is 11.0. The molecule has 0 spiro atoms. The van der Waals surface area contributed by atoms with Crippen molar-refractivity contribution in [2.45, 2.75) is 52.5 Å². The fourth-order valence-electron chi connectivity index (χ4n) is 2.18. The molecule has 1 aromatic heterocycles. The van der Waals surface area contributed by atoms with E-state index in [1.807, 2.05) is 12.3 Å². The Kier molecular flexibility index (Phi) is 5.47. The highest BCUT2D eigenvalue weighted by Crippen LogP contribution is 2.24. The zero-order chi connectivity index (χ0) is 12.0. The van der Waals surface area contributed by atoms with Gasteiger partial charge in [0.1, 0.15) is 0 Å². The average molecular weight is 220 g/mol. The van der Waals surface area contributed by atoms with Crippen LogP contribution >= 0.6 is 0 Å². The van der Waals surface area contributed by atoms with E-state index < -0.39 is 0 Å². The molecule has 0 radical (unpaired) electrons. The standard InChI is InChI=1S/C14H24N2/c1-5-9-15-12(4)13(6-2)14-11(3)8-7-10-16-14/h7-8,10,12-13,15H,5-6,9H2,1-4H3. The molecule has 0 aliphatic carbocycles.